The molecule has 0 aliphatic carbocycles. The van der Waals surface area contributed by atoms with Crippen molar-refractivity contribution in [3.8, 4) is 5.75 Å². The lowest BCUT2D eigenvalue weighted by Gasteiger charge is -2.16. The summed E-state index contributed by atoms with van der Waals surface area (Å²) in [5.74, 6) is 0.127. The molecule has 0 spiro atoms. The monoisotopic (exact) mass is 321 g/mol. The summed E-state index contributed by atoms with van der Waals surface area (Å²) in [5.41, 5.74) is 0. The van der Waals surface area contributed by atoms with Crippen LogP contribution in [0.3, 0.4) is 0 Å². The van der Waals surface area contributed by atoms with Gasteiger partial charge in [-0.1, -0.05) is 23.2 Å². The third-order valence-electron chi connectivity index (χ3n) is 2.55. The second-order valence-electron chi connectivity index (χ2n) is 4.19. The minimum Gasteiger partial charge on any atom is -0.491 e. The molecule has 0 heterocycles. The second-order valence-corrected chi connectivity index (χ2v) is 5.01. The average Bonchev–Trinajstić information content (AvgIpc) is 2.45. The smallest absolute Gasteiger partial charge is 0.322 e. The van der Waals surface area contributed by atoms with Crippen molar-refractivity contribution in [1.82, 2.24) is 5.32 Å². The first-order chi connectivity index (χ1) is 9.43. The predicted octanol–water partition coefficient (Wildman–Crippen LogP) is 1.88. The summed E-state index contributed by atoms with van der Waals surface area (Å²) in [6.45, 7) is 1.93. The molecule has 112 valence electrons. The molecule has 1 rings (SSSR count). The second kappa shape index (κ2) is 8.32. The first kappa shape index (κ1) is 17.0. The van der Waals surface area contributed by atoms with E-state index >= 15 is 0 Å². The molecule has 0 amide bonds. The van der Waals surface area contributed by atoms with Crippen molar-refractivity contribution in [2.75, 3.05) is 20.3 Å². The topological polar surface area (TPSA) is 67.8 Å². The maximum absolute atomic E-state index is 11.1. The number of methoxy groups -OCH3 is 1. The number of rotatable bonds is 7. The highest BCUT2D eigenvalue weighted by Gasteiger charge is 2.14. The number of hydrogen-bond donors (Lipinski definition) is 2. The van der Waals surface area contributed by atoms with E-state index in [9.17, 15) is 9.90 Å². The Morgan fingerprint density at radius 2 is 2.10 bits per heavy atom. The normalized spacial score (nSPS) is 13.7. The van der Waals surface area contributed by atoms with Gasteiger partial charge in [0.25, 0.3) is 0 Å². The number of nitrogens with one attached hydrogen (secondary N) is 1. The Hall–Kier alpha value is -1.01. The minimum absolute atomic E-state index is 0.0683. The fourth-order valence-corrected chi connectivity index (χ4v) is 1.68. The molecule has 0 aromatic heterocycles. The summed E-state index contributed by atoms with van der Waals surface area (Å²) in [5, 5.41) is 13.4. The number of hydrogen-bond acceptors (Lipinski definition) is 5. The van der Waals surface area contributed by atoms with Crippen LogP contribution >= 0.6 is 23.2 Å². The fourth-order valence-electron chi connectivity index (χ4n) is 1.39. The van der Waals surface area contributed by atoms with Crippen LogP contribution in [0.1, 0.15) is 6.92 Å². The van der Waals surface area contributed by atoms with Gasteiger partial charge in [-0.05, 0) is 19.1 Å². The van der Waals surface area contributed by atoms with Gasteiger partial charge in [0.2, 0.25) is 0 Å². The molecule has 2 N–H and O–H groups in total. The van der Waals surface area contributed by atoms with Crippen LogP contribution in [0.2, 0.25) is 10.0 Å². The molecule has 0 bridgehead atoms. The standard InChI is InChI=1S/C13H17Cl2NO4/c1-8(13(18)19-2)16-6-9(17)7-20-10-3-4-11(14)12(15)5-10/h3-5,8-9,16-17H,6-7H2,1-2H3. The first-order valence-electron chi connectivity index (χ1n) is 6.01. The molecule has 0 fully saturated rings. The molecule has 1 aromatic rings. The van der Waals surface area contributed by atoms with Gasteiger partial charge in [-0.15, -0.1) is 0 Å². The van der Waals surface area contributed by atoms with Crippen LogP contribution in [-0.4, -0.2) is 43.5 Å². The summed E-state index contributed by atoms with van der Waals surface area (Å²) >= 11 is 11.6. The Kier molecular flexibility index (Phi) is 7.09. The third kappa shape index (κ3) is 5.54. The van der Waals surface area contributed by atoms with Crippen molar-refractivity contribution in [3.63, 3.8) is 0 Å². The molecule has 1 aromatic carbocycles. The maximum atomic E-state index is 11.1. The molecule has 2 unspecified atom stereocenters. The van der Waals surface area contributed by atoms with Crippen molar-refractivity contribution in [1.29, 1.82) is 0 Å². The van der Waals surface area contributed by atoms with E-state index < -0.39 is 12.1 Å². The van der Waals surface area contributed by atoms with Crippen LogP contribution < -0.4 is 10.1 Å². The molecule has 0 saturated heterocycles. The maximum Gasteiger partial charge on any atom is 0.322 e. The van der Waals surface area contributed by atoms with E-state index in [4.69, 9.17) is 27.9 Å². The fraction of sp³-hybridized carbons (Fsp3) is 0.462. The number of aliphatic hydroxyl groups excluding tert-OH is 1. The van der Waals surface area contributed by atoms with Gasteiger partial charge in [0.15, 0.2) is 0 Å². The largest absolute Gasteiger partial charge is 0.491 e. The van der Waals surface area contributed by atoms with E-state index in [1.165, 1.54) is 7.11 Å². The van der Waals surface area contributed by atoms with E-state index in [-0.39, 0.29) is 19.1 Å². The number of carbonyl (C=O) groups excluding carboxylic acids is 1. The quantitative estimate of drug-likeness (QED) is 0.750. The third-order valence-corrected chi connectivity index (χ3v) is 3.29. The predicted molar refractivity (Wildman–Crippen MR) is 77.4 cm³/mol. The molecule has 2 atom stereocenters. The highest BCUT2D eigenvalue weighted by molar-refractivity contribution is 6.42. The number of halogens is 2. The van der Waals surface area contributed by atoms with Gasteiger partial charge < -0.3 is 19.9 Å². The lowest BCUT2D eigenvalue weighted by Crippen LogP contribution is -2.41. The number of benzene rings is 1. The van der Waals surface area contributed by atoms with Crippen LogP contribution in [0.4, 0.5) is 0 Å². The van der Waals surface area contributed by atoms with Crippen LogP contribution in [0.5, 0.6) is 5.75 Å². The van der Waals surface area contributed by atoms with Gasteiger partial charge in [0, 0.05) is 12.6 Å². The SMILES string of the molecule is COC(=O)C(C)NCC(O)COc1ccc(Cl)c(Cl)c1. The molecule has 0 aliphatic rings. The van der Waals surface area contributed by atoms with Crippen molar-refractivity contribution >= 4 is 29.2 Å². The Labute approximate surface area is 127 Å². The van der Waals surface area contributed by atoms with Gasteiger partial charge in [0.1, 0.15) is 24.5 Å². The molecule has 20 heavy (non-hydrogen) atoms. The molecule has 7 heteroatoms. The summed E-state index contributed by atoms with van der Waals surface area (Å²) in [4.78, 5) is 11.1. The van der Waals surface area contributed by atoms with E-state index in [1.54, 1.807) is 25.1 Å². The number of esters is 1. The number of carbonyl (C=O) groups is 1. The minimum atomic E-state index is -0.767. The summed E-state index contributed by atoms with van der Waals surface area (Å²) in [6.07, 6.45) is -0.767. The molecule has 0 radical (unpaired) electrons. The molecule has 0 aliphatic heterocycles. The zero-order valence-corrected chi connectivity index (χ0v) is 12.7. The summed E-state index contributed by atoms with van der Waals surface area (Å²) < 4.78 is 9.93. The Bertz CT molecular complexity index is 456. The van der Waals surface area contributed by atoms with Gasteiger partial charge in [-0.25, -0.2) is 0 Å². The van der Waals surface area contributed by atoms with Crippen LogP contribution in [0, 0.1) is 0 Å². The van der Waals surface area contributed by atoms with E-state index in [0.717, 1.165) is 0 Å². The zero-order chi connectivity index (χ0) is 15.1. The Morgan fingerprint density at radius 1 is 1.40 bits per heavy atom. The summed E-state index contributed by atoms with van der Waals surface area (Å²) in [6, 6.07) is 4.36. The molecule has 0 saturated carbocycles. The van der Waals surface area contributed by atoms with Crippen LogP contribution in [0.15, 0.2) is 18.2 Å². The lowest BCUT2D eigenvalue weighted by molar-refractivity contribution is -0.142. The van der Waals surface area contributed by atoms with Gasteiger partial charge in [0.05, 0.1) is 17.2 Å². The highest BCUT2D eigenvalue weighted by atomic mass is 35.5. The van der Waals surface area contributed by atoms with Crippen molar-refractivity contribution < 1.29 is 19.4 Å². The zero-order valence-electron chi connectivity index (χ0n) is 11.2. The van der Waals surface area contributed by atoms with Crippen molar-refractivity contribution in [2.24, 2.45) is 0 Å². The van der Waals surface area contributed by atoms with E-state index in [2.05, 4.69) is 10.1 Å². The van der Waals surface area contributed by atoms with Gasteiger partial charge >= 0.3 is 5.97 Å². The number of ether oxygens (including phenoxy) is 2. The Morgan fingerprint density at radius 3 is 2.70 bits per heavy atom. The van der Waals surface area contributed by atoms with Crippen LogP contribution in [-0.2, 0) is 9.53 Å². The van der Waals surface area contributed by atoms with Crippen molar-refractivity contribution in [2.45, 2.75) is 19.1 Å². The van der Waals surface area contributed by atoms with Gasteiger partial charge in [-0.3, -0.25) is 4.79 Å². The lowest BCUT2D eigenvalue weighted by atomic mass is 10.3. The molecular formula is C13H17Cl2NO4. The Balaban J connectivity index is 2.34. The first-order valence-corrected chi connectivity index (χ1v) is 6.76. The average molecular weight is 322 g/mol. The molecular weight excluding hydrogens is 305 g/mol. The number of aliphatic hydroxyl groups is 1. The highest BCUT2D eigenvalue weighted by Crippen LogP contribution is 2.26. The molecule has 5 nitrogen and oxygen atoms in total. The summed E-state index contributed by atoms with van der Waals surface area (Å²) in [7, 11) is 1.31. The van der Waals surface area contributed by atoms with Crippen LogP contribution in [0.25, 0.3) is 0 Å². The van der Waals surface area contributed by atoms with E-state index in [1.807, 2.05) is 0 Å². The van der Waals surface area contributed by atoms with Crippen molar-refractivity contribution in [3.05, 3.63) is 28.2 Å². The van der Waals surface area contributed by atoms with Gasteiger partial charge in [-0.2, -0.15) is 0 Å². The van der Waals surface area contributed by atoms with E-state index in [0.29, 0.717) is 15.8 Å².